The quantitative estimate of drug-likeness (QED) is 0.730. The number of aromatic nitrogens is 2. The highest BCUT2D eigenvalue weighted by molar-refractivity contribution is 6.33. The Kier molecular flexibility index (Phi) is 1.83. The minimum atomic E-state index is 0.485. The largest absolute Gasteiger partial charge is 0.302 e. The van der Waals surface area contributed by atoms with Crippen LogP contribution in [0.25, 0.3) is 5.65 Å². The minimum Gasteiger partial charge on any atom is -0.302 e. The maximum atomic E-state index is 10.9. The van der Waals surface area contributed by atoms with Gasteiger partial charge < -0.3 is 4.40 Å². The number of hydrogen-bond acceptors (Lipinski definition) is 2. The number of imidazole rings is 1. The van der Waals surface area contributed by atoms with Gasteiger partial charge in [0, 0.05) is 12.1 Å². The molecule has 1 fully saturated rings. The van der Waals surface area contributed by atoms with E-state index in [1.54, 1.807) is 6.07 Å². The summed E-state index contributed by atoms with van der Waals surface area (Å²) in [5, 5.41) is 0.590. The van der Waals surface area contributed by atoms with Crippen molar-refractivity contribution in [3.63, 3.8) is 0 Å². The van der Waals surface area contributed by atoms with E-state index >= 15 is 0 Å². The van der Waals surface area contributed by atoms with Crippen LogP contribution in [0.4, 0.5) is 0 Å². The van der Waals surface area contributed by atoms with Gasteiger partial charge in [-0.25, -0.2) is 4.98 Å². The van der Waals surface area contributed by atoms with Gasteiger partial charge >= 0.3 is 0 Å². The maximum Gasteiger partial charge on any atom is 0.170 e. The van der Waals surface area contributed by atoms with Crippen LogP contribution in [-0.4, -0.2) is 15.7 Å². The summed E-state index contributed by atoms with van der Waals surface area (Å²) in [6.45, 7) is 0. The Hall–Kier alpha value is -1.35. The lowest BCUT2D eigenvalue weighted by molar-refractivity contribution is 0.111. The molecule has 2 aromatic heterocycles. The molecule has 1 aliphatic carbocycles. The van der Waals surface area contributed by atoms with Gasteiger partial charge in [-0.05, 0) is 25.0 Å². The SMILES string of the molecule is O=Cc1nc2c(Cl)cccn2c1C1CC1. The molecule has 2 heterocycles. The molecule has 0 spiro atoms. The van der Waals surface area contributed by atoms with Crippen LogP contribution in [0.3, 0.4) is 0 Å². The van der Waals surface area contributed by atoms with Gasteiger partial charge in [0.2, 0.25) is 0 Å². The number of aldehydes is 1. The highest BCUT2D eigenvalue weighted by Crippen LogP contribution is 2.42. The Bertz CT molecular complexity index is 543. The molecule has 2 aromatic rings. The number of fused-ring (bicyclic) bond motifs is 1. The van der Waals surface area contributed by atoms with E-state index in [1.807, 2.05) is 16.7 Å². The molecule has 1 saturated carbocycles. The molecule has 0 radical (unpaired) electrons. The summed E-state index contributed by atoms with van der Waals surface area (Å²) in [4.78, 5) is 15.2. The predicted octanol–water partition coefficient (Wildman–Crippen LogP) is 2.68. The zero-order chi connectivity index (χ0) is 10.4. The summed E-state index contributed by atoms with van der Waals surface area (Å²) >= 11 is 6.03. The number of halogens is 1. The van der Waals surface area contributed by atoms with E-state index in [4.69, 9.17) is 11.6 Å². The second-order valence-corrected chi connectivity index (χ2v) is 4.23. The van der Waals surface area contributed by atoms with Crippen molar-refractivity contribution in [2.45, 2.75) is 18.8 Å². The van der Waals surface area contributed by atoms with Crippen molar-refractivity contribution in [3.8, 4) is 0 Å². The van der Waals surface area contributed by atoms with Crippen LogP contribution in [0.2, 0.25) is 5.02 Å². The van der Waals surface area contributed by atoms with E-state index in [-0.39, 0.29) is 0 Å². The van der Waals surface area contributed by atoms with Crippen LogP contribution in [0.15, 0.2) is 18.3 Å². The van der Waals surface area contributed by atoms with Crippen molar-refractivity contribution in [1.82, 2.24) is 9.38 Å². The lowest BCUT2D eigenvalue weighted by Gasteiger charge is -1.99. The highest BCUT2D eigenvalue weighted by atomic mass is 35.5. The third-order valence-electron chi connectivity index (χ3n) is 2.74. The topological polar surface area (TPSA) is 34.4 Å². The fourth-order valence-corrected chi connectivity index (χ4v) is 2.13. The van der Waals surface area contributed by atoms with Gasteiger partial charge in [0.25, 0.3) is 0 Å². The first-order valence-corrected chi connectivity index (χ1v) is 5.30. The molecular weight excluding hydrogens is 212 g/mol. The first-order chi connectivity index (χ1) is 7.31. The van der Waals surface area contributed by atoms with E-state index in [1.165, 1.54) is 0 Å². The van der Waals surface area contributed by atoms with E-state index in [0.717, 1.165) is 24.8 Å². The summed E-state index contributed by atoms with van der Waals surface area (Å²) in [6, 6.07) is 3.66. The molecule has 0 N–H and O–H groups in total. The second kappa shape index (κ2) is 3.07. The molecule has 0 amide bonds. The Labute approximate surface area is 91.7 Å². The van der Waals surface area contributed by atoms with Gasteiger partial charge in [0.15, 0.2) is 11.9 Å². The van der Waals surface area contributed by atoms with Crippen LogP contribution in [-0.2, 0) is 0 Å². The summed E-state index contributed by atoms with van der Waals surface area (Å²) < 4.78 is 1.93. The Morgan fingerprint density at radius 2 is 2.33 bits per heavy atom. The molecule has 3 nitrogen and oxygen atoms in total. The number of carbonyl (C=O) groups is 1. The summed E-state index contributed by atoms with van der Waals surface area (Å²) in [5.41, 5.74) is 2.23. The third-order valence-corrected chi connectivity index (χ3v) is 3.04. The van der Waals surface area contributed by atoms with E-state index in [2.05, 4.69) is 4.98 Å². The number of pyridine rings is 1. The standard InChI is InChI=1S/C11H9ClN2O/c12-8-2-1-5-14-10(7-3-4-7)9(6-15)13-11(8)14/h1-2,5-7H,3-4H2. The molecule has 15 heavy (non-hydrogen) atoms. The van der Waals surface area contributed by atoms with Crippen LogP contribution in [0.5, 0.6) is 0 Å². The summed E-state index contributed by atoms with van der Waals surface area (Å²) in [7, 11) is 0. The average molecular weight is 221 g/mol. The molecule has 0 bridgehead atoms. The molecule has 0 atom stereocenters. The van der Waals surface area contributed by atoms with E-state index in [9.17, 15) is 4.79 Å². The smallest absolute Gasteiger partial charge is 0.170 e. The second-order valence-electron chi connectivity index (χ2n) is 3.82. The van der Waals surface area contributed by atoms with Gasteiger partial charge in [0.05, 0.1) is 10.7 Å². The number of nitrogens with zero attached hydrogens (tertiary/aromatic N) is 2. The van der Waals surface area contributed by atoms with Crippen LogP contribution >= 0.6 is 11.6 Å². The van der Waals surface area contributed by atoms with Gasteiger partial charge in [-0.3, -0.25) is 4.79 Å². The highest BCUT2D eigenvalue weighted by Gasteiger charge is 2.30. The molecular formula is C11H9ClN2O. The van der Waals surface area contributed by atoms with Crippen LogP contribution < -0.4 is 0 Å². The molecule has 76 valence electrons. The van der Waals surface area contributed by atoms with Crippen molar-refractivity contribution >= 4 is 23.5 Å². The van der Waals surface area contributed by atoms with Crippen molar-refractivity contribution in [1.29, 1.82) is 0 Å². The third kappa shape index (κ3) is 1.27. The predicted molar refractivity (Wildman–Crippen MR) is 57.6 cm³/mol. The summed E-state index contributed by atoms with van der Waals surface area (Å²) in [5.74, 6) is 0.485. The maximum absolute atomic E-state index is 10.9. The molecule has 0 aliphatic heterocycles. The minimum absolute atomic E-state index is 0.485. The van der Waals surface area contributed by atoms with Crippen LogP contribution in [0.1, 0.15) is 34.9 Å². The fraction of sp³-hybridized carbons (Fsp3) is 0.273. The fourth-order valence-electron chi connectivity index (χ4n) is 1.92. The van der Waals surface area contributed by atoms with Gasteiger partial charge in [-0.1, -0.05) is 11.6 Å². The molecule has 1 aliphatic rings. The lowest BCUT2D eigenvalue weighted by atomic mass is 10.2. The first-order valence-electron chi connectivity index (χ1n) is 4.93. The van der Waals surface area contributed by atoms with E-state index < -0.39 is 0 Å². The summed E-state index contributed by atoms with van der Waals surface area (Å²) in [6.07, 6.45) is 5.01. The normalized spacial score (nSPS) is 15.8. The lowest BCUT2D eigenvalue weighted by Crippen LogP contribution is -1.93. The van der Waals surface area contributed by atoms with Gasteiger partial charge in [-0.15, -0.1) is 0 Å². The first kappa shape index (κ1) is 8.92. The van der Waals surface area contributed by atoms with Gasteiger partial charge in [0.1, 0.15) is 5.69 Å². The molecule has 4 heteroatoms. The molecule has 3 rings (SSSR count). The van der Waals surface area contributed by atoms with Gasteiger partial charge in [-0.2, -0.15) is 0 Å². The molecule has 0 saturated heterocycles. The van der Waals surface area contributed by atoms with E-state index in [0.29, 0.717) is 22.3 Å². The number of hydrogen-bond donors (Lipinski definition) is 0. The zero-order valence-corrected chi connectivity index (χ0v) is 8.74. The molecule has 0 unspecified atom stereocenters. The van der Waals surface area contributed by atoms with Crippen molar-refractivity contribution in [3.05, 3.63) is 34.7 Å². The monoisotopic (exact) mass is 220 g/mol. The van der Waals surface area contributed by atoms with Crippen molar-refractivity contribution < 1.29 is 4.79 Å². The number of carbonyl (C=O) groups excluding carboxylic acids is 1. The van der Waals surface area contributed by atoms with Crippen LogP contribution in [0, 0.1) is 0 Å². The average Bonchev–Trinajstić information content (AvgIpc) is 3.00. The Morgan fingerprint density at radius 1 is 1.53 bits per heavy atom. The van der Waals surface area contributed by atoms with Crippen molar-refractivity contribution in [2.24, 2.45) is 0 Å². The molecule has 0 aromatic carbocycles. The number of rotatable bonds is 2. The zero-order valence-electron chi connectivity index (χ0n) is 7.98. The Morgan fingerprint density at radius 3 is 3.00 bits per heavy atom. The Balaban J connectivity index is 2.38. The van der Waals surface area contributed by atoms with Crippen molar-refractivity contribution in [2.75, 3.05) is 0 Å².